The Labute approximate surface area is 192 Å². The molecule has 3 aromatic rings. The average molecular weight is 450 g/mol. The normalized spacial score (nSPS) is 10.2. The van der Waals surface area contributed by atoms with E-state index in [1.165, 1.54) is 14.2 Å². The Hall–Kier alpha value is -4.16. The fourth-order valence-electron chi connectivity index (χ4n) is 3.38. The molecular formula is C24H26N4O5. The lowest BCUT2D eigenvalue weighted by atomic mass is 10.0. The highest BCUT2D eigenvalue weighted by atomic mass is 16.5. The van der Waals surface area contributed by atoms with E-state index in [1.54, 1.807) is 32.5 Å². The standard InChI is InChI=1S/C24H26N4O5/c1-30-19-10-14(13-29)9-16(20(19)31-2)7-5-15-6-8-17(22(33-4)21(15)32-3)11-18-12-27-24(26)28-23(18)25/h6,8-10,12,29H,11,13H2,1-4H3,(H4,25,26,27,28). The van der Waals surface area contributed by atoms with Gasteiger partial charge in [0.25, 0.3) is 0 Å². The van der Waals surface area contributed by atoms with Gasteiger partial charge in [0.15, 0.2) is 23.0 Å². The van der Waals surface area contributed by atoms with Gasteiger partial charge < -0.3 is 35.5 Å². The monoisotopic (exact) mass is 450 g/mol. The highest BCUT2D eigenvalue weighted by Gasteiger charge is 2.17. The van der Waals surface area contributed by atoms with Gasteiger partial charge in [-0.15, -0.1) is 0 Å². The lowest BCUT2D eigenvalue weighted by molar-refractivity contribution is 0.280. The molecule has 0 fully saturated rings. The first-order valence-electron chi connectivity index (χ1n) is 9.94. The van der Waals surface area contributed by atoms with Crippen molar-refractivity contribution in [3.05, 3.63) is 58.3 Å². The number of methoxy groups -OCH3 is 4. The van der Waals surface area contributed by atoms with Crippen LogP contribution in [-0.4, -0.2) is 43.5 Å². The maximum absolute atomic E-state index is 9.56. The van der Waals surface area contributed by atoms with Crippen molar-refractivity contribution in [1.82, 2.24) is 9.97 Å². The number of nitrogen functional groups attached to an aromatic ring is 2. The number of aliphatic hydroxyl groups excluding tert-OH is 1. The molecule has 1 aromatic heterocycles. The van der Waals surface area contributed by atoms with E-state index in [-0.39, 0.29) is 12.6 Å². The Morgan fingerprint density at radius 2 is 1.55 bits per heavy atom. The molecule has 1 heterocycles. The number of ether oxygens (including phenoxy) is 4. The Morgan fingerprint density at radius 3 is 2.15 bits per heavy atom. The molecule has 0 aliphatic heterocycles. The molecule has 0 aliphatic carbocycles. The molecule has 5 N–H and O–H groups in total. The lowest BCUT2D eigenvalue weighted by Gasteiger charge is -2.15. The van der Waals surface area contributed by atoms with E-state index in [0.29, 0.717) is 57.5 Å². The van der Waals surface area contributed by atoms with Crippen molar-refractivity contribution in [2.75, 3.05) is 39.9 Å². The van der Waals surface area contributed by atoms with Gasteiger partial charge in [-0.25, -0.2) is 4.98 Å². The summed E-state index contributed by atoms with van der Waals surface area (Å²) >= 11 is 0. The van der Waals surface area contributed by atoms with Crippen molar-refractivity contribution in [2.24, 2.45) is 0 Å². The fraction of sp³-hybridized carbons (Fsp3) is 0.250. The van der Waals surface area contributed by atoms with Crippen LogP contribution in [0, 0.1) is 11.8 Å². The van der Waals surface area contributed by atoms with E-state index in [1.807, 2.05) is 12.1 Å². The molecule has 0 radical (unpaired) electrons. The Balaban J connectivity index is 2.06. The zero-order valence-electron chi connectivity index (χ0n) is 18.9. The van der Waals surface area contributed by atoms with Crippen LogP contribution in [0.15, 0.2) is 30.5 Å². The number of hydrogen-bond acceptors (Lipinski definition) is 9. The quantitative estimate of drug-likeness (QED) is 0.463. The van der Waals surface area contributed by atoms with Crippen molar-refractivity contribution >= 4 is 11.8 Å². The predicted octanol–water partition coefficient (Wildman–Crippen LogP) is 2.16. The summed E-state index contributed by atoms with van der Waals surface area (Å²) in [6, 6.07) is 7.16. The summed E-state index contributed by atoms with van der Waals surface area (Å²) < 4.78 is 22.1. The number of aromatic nitrogens is 2. The predicted molar refractivity (Wildman–Crippen MR) is 125 cm³/mol. The van der Waals surface area contributed by atoms with Crippen LogP contribution < -0.4 is 30.4 Å². The number of rotatable bonds is 7. The molecule has 0 amide bonds. The molecule has 0 aliphatic rings. The molecular weight excluding hydrogens is 424 g/mol. The minimum absolute atomic E-state index is 0.115. The van der Waals surface area contributed by atoms with Crippen molar-refractivity contribution < 1.29 is 24.1 Å². The van der Waals surface area contributed by atoms with Crippen LogP contribution in [-0.2, 0) is 13.0 Å². The largest absolute Gasteiger partial charge is 0.493 e. The zero-order valence-corrected chi connectivity index (χ0v) is 18.9. The zero-order chi connectivity index (χ0) is 24.0. The maximum atomic E-state index is 9.56. The Morgan fingerprint density at radius 1 is 0.848 bits per heavy atom. The maximum Gasteiger partial charge on any atom is 0.221 e. The van der Waals surface area contributed by atoms with Gasteiger partial charge >= 0.3 is 0 Å². The molecule has 9 heteroatoms. The first kappa shape index (κ1) is 23.5. The second-order valence-corrected chi connectivity index (χ2v) is 6.94. The molecule has 9 nitrogen and oxygen atoms in total. The van der Waals surface area contributed by atoms with E-state index < -0.39 is 0 Å². The van der Waals surface area contributed by atoms with Crippen molar-refractivity contribution in [1.29, 1.82) is 0 Å². The van der Waals surface area contributed by atoms with E-state index >= 15 is 0 Å². The number of benzene rings is 2. The summed E-state index contributed by atoms with van der Waals surface area (Å²) in [6.45, 7) is -0.154. The van der Waals surface area contributed by atoms with Crippen LogP contribution in [0.25, 0.3) is 0 Å². The molecule has 0 atom stereocenters. The number of nitrogens with zero attached hydrogens (tertiary/aromatic N) is 2. The minimum atomic E-state index is -0.154. The van der Waals surface area contributed by atoms with E-state index in [4.69, 9.17) is 30.4 Å². The molecule has 0 saturated heterocycles. The SMILES string of the molecule is COc1cc(CO)cc(C#Cc2ccc(Cc3cnc(N)nc3N)c(OC)c2OC)c1OC. The smallest absolute Gasteiger partial charge is 0.221 e. The summed E-state index contributed by atoms with van der Waals surface area (Å²) in [5.41, 5.74) is 14.9. The van der Waals surface area contributed by atoms with Crippen LogP contribution in [0.4, 0.5) is 11.8 Å². The fourth-order valence-corrected chi connectivity index (χ4v) is 3.38. The number of nitrogens with two attached hydrogens (primary N) is 2. The van der Waals surface area contributed by atoms with Gasteiger partial charge in [0.05, 0.1) is 46.2 Å². The van der Waals surface area contributed by atoms with Gasteiger partial charge in [-0.1, -0.05) is 17.9 Å². The molecule has 0 bridgehead atoms. The summed E-state index contributed by atoms with van der Waals surface area (Å²) in [5, 5.41) is 9.56. The molecule has 172 valence electrons. The van der Waals surface area contributed by atoms with Gasteiger partial charge in [0, 0.05) is 23.7 Å². The van der Waals surface area contributed by atoms with E-state index in [9.17, 15) is 5.11 Å². The third-order valence-electron chi connectivity index (χ3n) is 4.95. The molecule has 0 saturated carbocycles. The van der Waals surface area contributed by atoms with Crippen LogP contribution in [0.2, 0.25) is 0 Å². The van der Waals surface area contributed by atoms with Crippen LogP contribution in [0.1, 0.15) is 27.8 Å². The van der Waals surface area contributed by atoms with Crippen LogP contribution in [0.3, 0.4) is 0 Å². The van der Waals surface area contributed by atoms with Gasteiger partial charge in [-0.3, -0.25) is 0 Å². The third kappa shape index (κ3) is 5.02. The first-order chi connectivity index (χ1) is 15.9. The number of aliphatic hydroxyl groups is 1. The van der Waals surface area contributed by atoms with Gasteiger partial charge in [0.1, 0.15) is 5.82 Å². The second kappa shape index (κ2) is 10.4. The van der Waals surface area contributed by atoms with Crippen LogP contribution in [0.5, 0.6) is 23.0 Å². The summed E-state index contributed by atoms with van der Waals surface area (Å²) in [5.74, 6) is 8.56. The average Bonchev–Trinajstić information content (AvgIpc) is 2.83. The third-order valence-corrected chi connectivity index (χ3v) is 4.95. The van der Waals surface area contributed by atoms with Crippen molar-refractivity contribution in [3.63, 3.8) is 0 Å². The van der Waals surface area contributed by atoms with Crippen molar-refractivity contribution in [3.8, 4) is 34.8 Å². The molecule has 0 spiro atoms. The summed E-state index contributed by atoms with van der Waals surface area (Å²) in [7, 11) is 6.16. The highest BCUT2D eigenvalue weighted by molar-refractivity contribution is 5.63. The number of anilines is 2. The summed E-state index contributed by atoms with van der Waals surface area (Å²) in [4.78, 5) is 8.01. The minimum Gasteiger partial charge on any atom is -0.493 e. The molecule has 0 unspecified atom stereocenters. The molecule has 3 rings (SSSR count). The first-order valence-corrected chi connectivity index (χ1v) is 9.94. The van der Waals surface area contributed by atoms with Gasteiger partial charge in [0.2, 0.25) is 5.95 Å². The summed E-state index contributed by atoms with van der Waals surface area (Å²) in [6.07, 6.45) is 2.01. The Bertz CT molecular complexity index is 1220. The lowest BCUT2D eigenvalue weighted by Crippen LogP contribution is -2.05. The van der Waals surface area contributed by atoms with Crippen LogP contribution >= 0.6 is 0 Å². The second-order valence-electron chi connectivity index (χ2n) is 6.94. The molecule has 33 heavy (non-hydrogen) atoms. The number of hydrogen-bond donors (Lipinski definition) is 3. The van der Waals surface area contributed by atoms with Gasteiger partial charge in [-0.05, 0) is 23.8 Å². The van der Waals surface area contributed by atoms with Crippen molar-refractivity contribution in [2.45, 2.75) is 13.0 Å². The Kier molecular flexibility index (Phi) is 7.43. The van der Waals surface area contributed by atoms with Gasteiger partial charge in [-0.2, -0.15) is 4.98 Å². The van der Waals surface area contributed by atoms with E-state index in [2.05, 4.69) is 21.8 Å². The highest BCUT2D eigenvalue weighted by Crippen LogP contribution is 2.37. The molecule has 2 aromatic carbocycles. The topological polar surface area (TPSA) is 135 Å². The van der Waals surface area contributed by atoms with E-state index in [0.717, 1.165) is 5.56 Å².